The van der Waals surface area contributed by atoms with E-state index in [1.807, 2.05) is 18.2 Å². The molecule has 0 unspecified atom stereocenters. The van der Waals surface area contributed by atoms with E-state index in [0.717, 1.165) is 5.69 Å². The highest BCUT2D eigenvalue weighted by Crippen LogP contribution is 2.29. The molecule has 0 spiro atoms. The van der Waals surface area contributed by atoms with Crippen molar-refractivity contribution in [3.63, 3.8) is 0 Å². The monoisotopic (exact) mass is 335 g/mol. The number of anilines is 3. The summed E-state index contributed by atoms with van der Waals surface area (Å²) in [6.07, 6.45) is 0. The summed E-state index contributed by atoms with van der Waals surface area (Å²) in [7, 11) is 0. The third kappa shape index (κ3) is 2.88. The van der Waals surface area contributed by atoms with Gasteiger partial charge in [-0.3, -0.25) is 4.79 Å². The summed E-state index contributed by atoms with van der Waals surface area (Å²) in [6, 6.07) is 11.6. The minimum atomic E-state index is -0.499. The largest absolute Gasteiger partial charge is 0.332 e. The van der Waals surface area contributed by atoms with Crippen LogP contribution in [0.1, 0.15) is 0 Å². The van der Waals surface area contributed by atoms with Crippen LogP contribution in [-0.4, -0.2) is 17.6 Å². The van der Waals surface area contributed by atoms with Crippen molar-refractivity contribution in [1.82, 2.24) is 0 Å². The zero-order chi connectivity index (χ0) is 15.7. The number of carbonyl (C=O) groups is 1. The van der Waals surface area contributed by atoms with Crippen LogP contribution in [0.2, 0.25) is 5.02 Å². The van der Waals surface area contributed by atoms with Crippen molar-refractivity contribution in [2.75, 3.05) is 22.1 Å². The lowest BCUT2D eigenvalue weighted by Crippen LogP contribution is -2.44. The second-order valence-electron chi connectivity index (χ2n) is 4.71. The van der Waals surface area contributed by atoms with Crippen LogP contribution < -0.4 is 15.5 Å². The summed E-state index contributed by atoms with van der Waals surface area (Å²) >= 11 is 11.1. The van der Waals surface area contributed by atoms with Crippen LogP contribution in [0.4, 0.5) is 21.5 Å². The number of carbonyl (C=O) groups excluding carboxylic acids is 1. The molecular weight excluding hydrogens is 325 g/mol. The quantitative estimate of drug-likeness (QED) is 0.781. The average molecular weight is 336 g/mol. The van der Waals surface area contributed by atoms with Gasteiger partial charge in [-0.1, -0.05) is 23.7 Å². The van der Waals surface area contributed by atoms with Crippen molar-refractivity contribution >= 4 is 51.9 Å². The minimum Gasteiger partial charge on any atom is -0.332 e. The fourth-order valence-corrected chi connectivity index (χ4v) is 2.64. The molecule has 2 N–H and O–H groups in total. The van der Waals surface area contributed by atoms with Gasteiger partial charge in [-0.2, -0.15) is 0 Å². The molecule has 2 aromatic carbocycles. The topological polar surface area (TPSA) is 44.4 Å². The summed E-state index contributed by atoms with van der Waals surface area (Å²) in [4.78, 5) is 13.5. The van der Waals surface area contributed by atoms with E-state index < -0.39 is 5.82 Å². The van der Waals surface area contributed by atoms with E-state index in [1.165, 1.54) is 18.2 Å². The minimum absolute atomic E-state index is 0.00425. The first-order chi connectivity index (χ1) is 10.5. The van der Waals surface area contributed by atoms with Gasteiger partial charge >= 0.3 is 0 Å². The van der Waals surface area contributed by atoms with E-state index in [4.69, 9.17) is 23.8 Å². The number of benzene rings is 2. The fourth-order valence-electron chi connectivity index (χ4n) is 2.18. The second-order valence-corrected chi connectivity index (χ2v) is 5.50. The molecule has 0 aromatic heterocycles. The molecule has 0 aliphatic carbocycles. The number of nitrogens with one attached hydrogen (secondary N) is 2. The van der Waals surface area contributed by atoms with Gasteiger partial charge in [0.1, 0.15) is 12.4 Å². The predicted molar refractivity (Wildman–Crippen MR) is 90.0 cm³/mol. The van der Waals surface area contributed by atoms with Crippen molar-refractivity contribution in [1.29, 1.82) is 0 Å². The molecule has 0 fully saturated rings. The molecule has 1 aliphatic heterocycles. The highest BCUT2D eigenvalue weighted by molar-refractivity contribution is 7.80. The van der Waals surface area contributed by atoms with Crippen LogP contribution in [-0.2, 0) is 4.79 Å². The van der Waals surface area contributed by atoms with E-state index in [2.05, 4.69) is 10.6 Å². The van der Waals surface area contributed by atoms with Crippen molar-refractivity contribution in [2.24, 2.45) is 0 Å². The van der Waals surface area contributed by atoms with E-state index in [1.54, 1.807) is 11.0 Å². The van der Waals surface area contributed by atoms with Crippen molar-refractivity contribution in [2.45, 2.75) is 0 Å². The van der Waals surface area contributed by atoms with E-state index >= 15 is 0 Å². The molecule has 2 aromatic rings. The zero-order valence-corrected chi connectivity index (χ0v) is 12.8. The molecule has 0 radical (unpaired) electrons. The Balaban J connectivity index is 1.86. The molecule has 0 bridgehead atoms. The number of para-hydroxylation sites is 2. The second kappa shape index (κ2) is 5.90. The van der Waals surface area contributed by atoms with Crippen LogP contribution in [0.25, 0.3) is 0 Å². The Morgan fingerprint density at radius 1 is 1.32 bits per heavy atom. The summed E-state index contributed by atoms with van der Waals surface area (Å²) in [5, 5.41) is 6.10. The van der Waals surface area contributed by atoms with E-state index in [-0.39, 0.29) is 17.5 Å². The number of hydrogen-bond donors (Lipinski definition) is 2. The summed E-state index contributed by atoms with van der Waals surface area (Å²) < 4.78 is 13.2. The normalized spacial score (nSPS) is 13.4. The number of nitrogens with zero attached hydrogens (tertiary/aromatic N) is 1. The predicted octanol–water partition coefficient (Wildman–Crippen LogP) is 3.63. The van der Waals surface area contributed by atoms with Crippen molar-refractivity contribution < 1.29 is 9.18 Å². The number of hydrogen-bond acceptors (Lipinski definition) is 2. The summed E-state index contributed by atoms with van der Waals surface area (Å²) in [5.74, 6) is -0.652. The summed E-state index contributed by atoms with van der Waals surface area (Å²) in [6.45, 7) is 0.109. The van der Waals surface area contributed by atoms with Gasteiger partial charge in [-0.25, -0.2) is 4.39 Å². The Bertz CT molecular complexity index is 768. The Morgan fingerprint density at radius 3 is 2.86 bits per heavy atom. The highest BCUT2D eigenvalue weighted by Gasteiger charge is 2.24. The van der Waals surface area contributed by atoms with Crippen LogP contribution in [0.3, 0.4) is 0 Å². The molecule has 112 valence electrons. The maximum absolute atomic E-state index is 13.2. The first-order valence-corrected chi connectivity index (χ1v) is 7.25. The van der Waals surface area contributed by atoms with Gasteiger partial charge in [0.25, 0.3) is 0 Å². The van der Waals surface area contributed by atoms with Crippen LogP contribution >= 0.6 is 23.8 Å². The highest BCUT2D eigenvalue weighted by atomic mass is 35.5. The molecular formula is C15H11ClFN3OS. The molecule has 0 atom stereocenters. The summed E-state index contributed by atoms with van der Waals surface area (Å²) in [5.41, 5.74) is 2.05. The third-order valence-electron chi connectivity index (χ3n) is 3.19. The number of rotatable bonds is 1. The first-order valence-electron chi connectivity index (χ1n) is 6.47. The fraction of sp³-hybridized carbons (Fsp3) is 0.0667. The average Bonchev–Trinajstić information content (AvgIpc) is 2.50. The van der Waals surface area contributed by atoms with Crippen LogP contribution in [0, 0.1) is 5.82 Å². The molecule has 0 saturated heterocycles. The standard InChI is InChI=1S/C15H11ClFN3OS/c16-10-7-9(5-6-11(10)17)18-15(22)20-8-14(21)19-12-3-1-2-4-13(12)20/h1-7H,8H2,(H,18,22)(H,19,21). The van der Waals surface area contributed by atoms with Gasteiger partial charge in [-0.15, -0.1) is 0 Å². The van der Waals surface area contributed by atoms with Crippen molar-refractivity contribution in [3.05, 3.63) is 53.3 Å². The Morgan fingerprint density at radius 2 is 2.09 bits per heavy atom. The molecule has 0 saturated carbocycles. The van der Waals surface area contributed by atoms with Gasteiger partial charge in [0, 0.05) is 5.69 Å². The van der Waals surface area contributed by atoms with Gasteiger partial charge in [0.15, 0.2) is 5.11 Å². The van der Waals surface area contributed by atoms with E-state index in [0.29, 0.717) is 16.5 Å². The molecule has 1 heterocycles. The number of thiocarbonyl (C=S) groups is 1. The lowest BCUT2D eigenvalue weighted by atomic mass is 10.2. The molecule has 1 amide bonds. The van der Waals surface area contributed by atoms with Crippen LogP contribution in [0.5, 0.6) is 0 Å². The molecule has 22 heavy (non-hydrogen) atoms. The van der Waals surface area contributed by atoms with Crippen molar-refractivity contribution in [3.8, 4) is 0 Å². The third-order valence-corrected chi connectivity index (χ3v) is 3.80. The Hall–Kier alpha value is -2.18. The van der Waals surface area contributed by atoms with Gasteiger partial charge in [0.05, 0.1) is 16.4 Å². The Labute approximate surface area is 136 Å². The molecule has 1 aliphatic rings. The van der Waals surface area contributed by atoms with E-state index in [9.17, 15) is 9.18 Å². The Kier molecular flexibility index (Phi) is 3.96. The van der Waals surface area contributed by atoms with Crippen LogP contribution in [0.15, 0.2) is 42.5 Å². The maximum Gasteiger partial charge on any atom is 0.244 e. The zero-order valence-electron chi connectivity index (χ0n) is 11.3. The smallest absolute Gasteiger partial charge is 0.244 e. The lowest BCUT2D eigenvalue weighted by molar-refractivity contribution is -0.115. The number of halogens is 2. The number of fused-ring (bicyclic) bond motifs is 1. The first kappa shape index (κ1) is 14.7. The lowest BCUT2D eigenvalue weighted by Gasteiger charge is -2.31. The van der Waals surface area contributed by atoms with Gasteiger partial charge in [-0.05, 0) is 42.5 Å². The maximum atomic E-state index is 13.2. The molecule has 7 heteroatoms. The number of amides is 1. The van der Waals surface area contributed by atoms with Gasteiger partial charge in [0.2, 0.25) is 5.91 Å². The SMILES string of the molecule is O=C1CN(C(=S)Nc2ccc(F)c(Cl)c2)c2ccccc2N1. The molecule has 3 rings (SSSR count). The van der Waals surface area contributed by atoms with Gasteiger partial charge < -0.3 is 15.5 Å². The molecule has 4 nitrogen and oxygen atoms in total.